The summed E-state index contributed by atoms with van der Waals surface area (Å²) in [7, 11) is -2.19. The lowest BCUT2D eigenvalue weighted by Gasteiger charge is -2.24. The lowest BCUT2D eigenvalue weighted by molar-refractivity contribution is -0.130. The molecule has 0 saturated heterocycles. The van der Waals surface area contributed by atoms with E-state index in [1.54, 1.807) is 11.0 Å². The van der Waals surface area contributed by atoms with Gasteiger partial charge >= 0.3 is 0 Å². The van der Waals surface area contributed by atoms with Gasteiger partial charge in [-0.3, -0.25) is 4.79 Å². The van der Waals surface area contributed by atoms with E-state index in [2.05, 4.69) is 5.32 Å². The minimum absolute atomic E-state index is 0.0344. The average molecular weight is 473 g/mol. The minimum atomic E-state index is -3.57. The number of methoxy groups -OCH3 is 1. The van der Waals surface area contributed by atoms with E-state index in [-0.39, 0.29) is 28.1 Å². The van der Waals surface area contributed by atoms with E-state index in [0.29, 0.717) is 18.8 Å². The van der Waals surface area contributed by atoms with E-state index in [1.807, 2.05) is 60.7 Å². The summed E-state index contributed by atoms with van der Waals surface area (Å²) in [6.07, 6.45) is 1.08. The highest BCUT2D eigenvalue weighted by Gasteiger charge is 2.21. The zero-order valence-electron chi connectivity index (χ0n) is 17.9. The van der Waals surface area contributed by atoms with Crippen LogP contribution in [0.2, 0.25) is 5.02 Å². The van der Waals surface area contributed by atoms with Crippen molar-refractivity contribution < 1.29 is 17.9 Å². The number of halogens is 1. The van der Waals surface area contributed by atoms with Crippen molar-refractivity contribution >= 4 is 33.0 Å². The molecule has 0 aliphatic heterocycles. The number of nitrogens with one attached hydrogen (secondary N) is 1. The number of nitrogens with zero attached hydrogens (tertiary/aromatic N) is 1. The molecule has 6 nitrogen and oxygen atoms in total. The molecule has 1 amide bonds. The number of sulfone groups is 1. The lowest BCUT2D eigenvalue weighted by atomic mass is 10.1. The molecule has 0 unspecified atom stereocenters. The van der Waals surface area contributed by atoms with Gasteiger partial charge in [-0.15, -0.1) is 0 Å². The van der Waals surface area contributed by atoms with Crippen LogP contribution in [-0.4, -0.2) is 39.1 Å². The van der Waals surface area contributed by atoms with Crippen LogP contribution < -0.4 is 10.1 Å². The molecule has 0 atom stereocenters. The summed E-state index contributed by atoms with van der Waals surface area (Å²) in [5, 5.41) is 3.23. The number of ether oxygens (including phenoxy) is 1. The van der Waals surface area contributed by atoms with Crippen molar-refractivity contribution in [2.75, 3.05) is 25.2 Å². The Balaban J connectivity index is 1.82. The van der Waals surface area contributed by atoms with Crippen LogP contribution >= 0.6 is 11.6 Å². The number of amides is 1. The van der Waals surface area contributed by atoms with Crippen molar-refractivity contribution in [3.8, 4) is 5.75 Å². The predicted octanol–water partition coefficient (Wildman–Crippen LogP) is 4.39. The molecule has 32 heavy (non-hydrogen) atoms. The standard InChI is InChI=1S/C24H25ClN2O4S/c1-31-24-21(13-20(25)14-22(24)32(2,29)30)26-15-23(28)27(16-18-9-5-3-6-10-18)17-19-11-7-4-8-12-19/h3-14,26H,15-17H2,1-2H3. The maximum Gasteiger partial charge on any atom is 0.242 e. The third kappa shape index (κ3) is 6.24. The van der Waals surface area contributed by atoms with E-state index in [0.717, 1.165) is 17.4 Å². The summed E-state index contributed by atoms with van der Waals surface area (Å²) in [5.74, 6) is -0.0250. The molecule has 168 valence electrons. The molecule has 3 rings (SSSR count). The molecule has 3 aromatic carbocycles. The first-order valence-electron chi connectivity index (χ1n) is 9.95. The predicted molar refractivity (Wildman–Crippen MR) is 127 cm³/mol. The number of anilines is 1. The molecule has 0 aliphatic carbocycles. The zero-order chi connectivity index (χ0) is 23.1. The number of hydrogen-bond acceptors (Lipinski definition) is 5. The van der Waals surface area contributed by atoms with Gasteiger partial charge in [-0.05, 0) is 23.3 Å². The Morgan fingerprint density at radius 3 is 1.97 bits per heavy atom. The SMILES string of the molecule is COc1c(NCC(=O)N(Cc2ccccc2)Cc2ccccc2)cc(Cl)cc1S(C)(=O)=O. The molecule has 0 aliphatic rings. The monoisotopic (exact) mass is 472 g/mol. The Morgan fingerprint density at radius 2 is 1.50 bits per heavy atom. The summed E-state index contributed by atoms with van der Waals surface area (Å²) in [6.45, 7) is 0.828. The van der Waals surface area contributed by atoms with Crippen LogP contribution in [0.15, 0.2) is 77.7 Å². The van der Waals surface area contributed by atoms with Gasteiger partial charge in [0.15, 0.2) is 15.6 Å². The van der Waals surface area contributed by atoms with Gasteiger partial charge in [-0.1, -0.05) is 72.3 Å². The molecule has 0 fully saturated rings. The molecule has 3 aromatic rings. The van der Waals surface area contributed by atoms with Gasteiger partial charge in [-0.25, -0.2) is 8.42 Å². The molecule has 0 saturated carbocycles. The van der Waals surface area contributed by atoms with E-state index in [4.69, 9.17) is 16.3 Å². The molecular weight excluding hydrogens is 448 g/mol. The van der Waals surface area contributed by atoms with E-state index >= 15 is 0 Å². The summed E-state index contributed by atoms with van der Waals surface area (Å²) >= 11 is 6.12. The smallest absolute Gasteiger partial charge is 0.242 e. The van der Waals surface area contributed by atoms with Gasteiger partial charge in [0.25, 0.3) is 0 Å². The maximum absolute atomic E-state index is 13.2. The highest BCUT2D eigenvalue weighted by atomic mass is 35.5. The molecule has 0 spiro atoms. The molecule has 0 bridgehead atoms. The minimum Gasteiger partial charge on any atom is -0.493 e. The number of rotatable bonds is 9. The third-order valence-corrected chi connectivity index (χ3v) is 6.16. The van der Waals surface area contributed by atoms with Crippen molar-refractivity contribution in [2.24, 2.45) is 0 Å². The molecule has 0 radical (unpaired) electrons. The van der Waals surface area contributed by atoms with Gasteiger partial charge in [0.2, 0.25) is 5.91 Å². The highest BCUT2D eigenvalue weighted by molar-refractivity contribution is 7.90. The maximum atomic E-state index is 13.2. The lowest BCUT2D eigenvalue weighted by Crippen LogP contribution is -2.34. The van der Waals surface area contributed by atoms with Crippen LogP contribution in [0.5, 0.6) is 5.75 Å². The summed E-state index contributed by atoms with van der Waals surface area (Å²) < 4.78 is 29.6. The molecule has 0 heterocycles. The Bertz CT molecular complexity index is 1130. The van der Waals surface area contributed by atoms with Crippen molar-refractivity contribution in [3.63, 3.8) is 0 Å². The van der Waals surface area contributed by atoms with Crippen LogP contribution in [0, 0.1) is 0 Å². The van der Waals surface area contributed by atoms with Gasteiger partial charge in [-0.2, -0.15) is 0 Å². The quantitative estimate of drug-likeness (QED) is 0.499. The second kappa shape index (κ2) is 10.5. The van der Waals surface area contributed by atoms with Crippen molar-refractivity contribution in [2.45, 2.75) is 18.0 Å². The number of hydrogen-bond donors (Lipinski definition) is 1. The summed E-state index contributed by atoms with van der Waals surface area (Å²) in [5.41, 5.74) is 2.36. The fourth-order valence-electron chi connectivity index (χ4n) is 3.31. The van der Waals surface area contributed by atoms with Gasteiger partial charge in [0, 0.05) is 24.4 Å². The van der Waals surface area contributed by atoms with Crippen LogP contribution in [0.4, 0.5) is 5.69 Å². The Labute approximate surface area is 193 Å². The largest absolute Gasteiger partial charge is 0.493 e. The average Bonchev–Trinajstić information content (AvgIpc) is 2.77. The first-order chi connectivity index (χ1) is 15.3. The molecular formula is C24H25ClN2O4S. The Morgan fingerprint density at radius 1 is 0.969 bits per heavy atom. The first kappa shape index (κ1) is 23.6. The molecule has 0 aromatic heterocycles. The first-order valence-corrected chi connectivity index (χ1v) is 12.2. The Kier molecular flexibility index (Phi) is 7.77. The third-order valence-electron chi connectivity index (χ3n) is 4.84. The van der Waals surface area contributed by atoms with Crippen LogP contribution in [0.1, 0.15) is 11.1 Å². The second-order valence-electron chi connectivity index (χ2n) is 7.33. The van der Waals surface area contributed by atoms with Crippen molar-refractivity contribution in [1.82, 2.24) is 4.90 Å². The topological polar surface area (TPSA) is 75.7 Å². The number of benzene rings is 3. The zero-order valence-corrected chi connectivity index (χ0v) is 19.5. The number of carbonyl (C=O) groups excluding carboxylic acids is 1. The summed E-state index contributed by atoms with van der Waals surface area (Å²) in [4.78, 5) is 14.9. The van der Waals surface area contributed by atoms with E-state index in [1.165, 1.54) is 13.2 Å². The van der Waals surface area contributed by atoms with Gasteiger partial charge < -0.3 is 15.0 Å². The van der Waals surface area contributed by atoms with Gasteiger partial charge in [0.05, 0.1) is 19.3 Å². The molecule has 1 N–H and O–H groups in total. The summed E-state index contributed by atoms with van der Waals surface area (Å²) in [6, 6.07) is 22.3. The highest BCUT2D eigenvalue weighted by Crippen LogP contribution is 2.35. The van der Waals surface area contributed by atoms with Gasteiger partial charge in [0.1, 0.15) is 4.90 Å². The van der Waals surface area contributed by atoms with E-state index in [9.17, 15) is 13.2 Å². The van der Waals surface area contributed by atoms with Crippen LogP contribution in [0.3, 0.4) is 0 Å². The van der Waals surface area contributed by atoms with E-state index < -0.39 is 9.84 Å². The number of carbonyl (C=O) groups is 1. The van der Waals surface area contributed by atoms with Crippen molar-refractivity contribution in [1.29, 1.82) is 0 Å². The normalized spacial score (nSPS) is 11.1. The van der Waals surface area contributed by atoms with Crippen LogP contribution in [0.25, 0.3) is 0 Å². The van der Waals surface area contributed by atoms with Crippen molar-refractivity contribution in [3.05, 3.63) is 88.9 Å². The molecule has 8 heteroatoms. The fourth-order valence-corrected chi connectivity index (χ4v) is 4.46. The Hall–Kier alpha value is -3.03. The fraction of sp³-hybridized carbons (Fsp3) is 0.208. The second-order valence-corrected chi connectivity index (χ2v) is 9.75. The van der Waals surface area contributed by atoms with Crippen LogP contribution in [-0.2, 0) is 27.7 Å².